The summed E-state index contributed by atoms with van der Waals surface area (Å²) in [6, 6.07) is 0. The first-order valence-corrected chi connectivity index (χ1v) is 5.91. The van der Waals surface area contributed by atoms with Gasteiger partial charge in [-0.25, -0.2) is 0 Å². The number of hydrogen-bond donors (Lipinski definition) is 0. The van der Waals surface area contributed by atoms with E-state index in [4.69, 9.17) is 4.74 Å². The molecule has 1 aromatic rings. The van der Waals surface area contributed by atoms with Crippen LogP contribution in [0, 0.1) is 5.92 Å². The molecule has 4 nitrogen and oxygen atoms in total. The molecular formula is C10H16N2O2S. The number of nitrogens with zero attached hydrogens (tertiary/aromatic N) is 2. The van der Waals surface area contributed by atoms with E-state index < -0.39 is 0 Å². The second-order valence-electron chi connectivity index (χ2n) is 3.64. The monoisotopic (exact) mass is 228 g/mol. The summed E-state index contributed by atoms with van der Waals surface area (Å²) in [7, 11) is 0. The predicted molar refractivity (Wildman–Crippen MR) is 58.4 cm³/mol. The van der Waals surface area contributed by atoms with Crippen molar-refractivity contribution in [1.82, 2.24) is 9.59 Å². The molecule has 5 heteroatoms. The lowest BCUT2D eigenvalue weighted by Gasteiger charge is -2.08. The standard InChI is InChI=1S/C10H16N2O2S/c1-3-4-8(2)5-10(13)14-7-9-6-11-12-15-9/h6,8H,3-5,7H2,1-2H3/t8-/m0/s1. The highest BCUT2D eigenvalue weighted by Crippen LogP contribution is 2.12. The van der Waals surface area contributed by atoms with Gasteiger partial charge >= 0.3 is 5.97 Å². The number of aromatic nitrogens is 2. The van der Waals surface area contributed by atoms with Crippen LogP contribution in [0.25, 0.3) is 0 Å². The number of carbonyl (C=O) groups excluding carboxylic acids is 1. The molecule has 1 heterocycles. The minimum Gasteiger partial charge on any atom is -0.460 e. The Morgan fingerprint density at radius 1 is 1.67 bits per heavy atom. The van der Waals surface area contributed by atoms with E-state index in [0.29, 0.717) is 18.9 Å². The summed E-state index contributed by atoms with van der Waals surface area (Å²) in [5, 5.41) is 3.67. The van der Waals surface area contributed by atoms with Crippen molar-refractivity contribution in [2.24, 2.45) is 5.92 Å². The van der Waals surface area contributed by atoms with Gasteiger partial charge in [-0.15, -0.1) is 5.10 Å². The Morgan fingerprint density at radius 3 is 3.07 bits per heavy atom. The minimum atomic E-state index is -0.135. The van der Waals surface area contributed by atoms with E-state index in [1.54, 1.807) is 6.20 Å². The molecule has 1 aromatic heterocycles. The SMILES string of the molecule is CCC[C@H](C)CC(=O)OCc1cnns1. The summed E-state index contributed by atoms with van der Waals surface area (Å²) in [6.45, 7) is 4.49. The Balaban J connectivity index is 2.19. The largest absolute Gasteiger partial charge is 0.460 e. The van der Waals surface area contributed by atoms with Crippen molar-refractivity contribution < 1.29 is 9.53 Å². The maximum absolute atomic E-state index is 11.4. The molecule has 0 aliphatic carbocycles. The first-order chi connectivity index (χ1) is 7.22. The molecule has 84 valence electrons. The third-order valence-corrected chi connectivity index (χ3v) is 2.71. The number of ether oxygens (including phenoxy) is 1. The summed E-state index contributed by atoms with van der Waals surface area (Å²) >= 11 is 1.26. The smallest absolute Gasteiger partial charge is 0.306 e. The van der Waals surface area contributed by atoms with Crippen LogP contribution in [0.1, 0.15) is 38.0 Å². The Hall–Kier alpha value is -0.970. The molecule has 0 saturated heterocycles. The molecular weight excluding hydrogens is 212 g/mol. The third kappa shape index (κ3) is 4.88. The van der Waals surface area contributed by atoms with Crippen molar-refractivity contribution in [3.05, 3.63) is 11.1 Å². The zero-order chi connectivity index (χ0) is 11.1. The molecule has 0 aromatic carbocycles. The van der Waals surface area contributed by atoms with Crippen LogP contribution in [-0.2, 0) is 16.1 Å². The van der Waals surface area contributed by atoms with Crippen molar-refractivity contribution in [2.45, 2.75) is 39.7 Å². The van der Waals surface area contributed by atoms with Crippen molar-refractivity contribution in [2.75, 3.05) is 0 Å². The van der Waals surface area contributed by atoms with E-state index in [-0.39, 0.29) is 5.97 Å². The molecule has 1 atom stereocenters. The van der Waals surface area contributed by atoms with Crippen LogP contribution in [0.2, 0.25) is 0 Å². The fourth-order valence-corrected chi connectivity index (χ4v) is 1.75. The number of esters is 1. The van der Waals surface area contributed by atoms with Crippen LogP contribution in [0.4, 0.5) is 0 Å². The predicted octanol–water partition coefficient (Wildman–Crippen LogP) is 2.41. The average molecular weight is 228 g/mol. The molecule has 0 aliphatic rings. The summed E-state index contributed by atoms with van der Waals surface area (Å²) in [5.41, 5.74) is 0. The Bertz CT molecular complexity index is 288. The molecule has 15 heavy (non-hydrogen) atoms. The van der Waals surface area contributed by atoms with Crippen molar-refractivity contribution in [3.8, 4) is 0 Å². The molecule has 0 unspecified atom stereocenters. The minimum absolute atomic E-state index is 0.135. The van der Waals surface area contributed by atoms with Gasteiger partial charge in [0.25, 0.3) is 0 Å². The van der Waals surface area contributed by atoms with E-state index in [1.807, 2.05) is 0 Å². The molecule has 0 aliphatic heterocycles. The molecule has 1 rings (SSSR count). The van der Waals surface area contributed by atoms with Gasteiger partial charge in [-0.1, -0.05) is 31.2 Å². The van der Waals surface area contributed by atoms with Crippen LogP contribution >= 0.6 is 11.5 Å². The molecule has 0 fully saturated rings. The Morgan fingerprint density at radius 2 is 2.47 bits per heavy atom. The fraction of sp³-hybridized carbons (Fsp3) is 0.700. The van der Waals surface area contributed by atoms with E-state index in [9.17, 15) is 4.79 Å². The molecule has 0 bridgehead atoms. The highest BCUT2D eigenvalue weighted by molar-refractivity contribution is 7.05. The topological polar surface area (TPSA) is 52.1 Å². The van der Waals surface area contributed by atoms with Crippen molar-refractivity contribution in [1.29, 1.82) is 0 Å². The number of rotatable bonds is 6. The normalized spacial score (nSPS) is 12.4. The van der Waals surface area contributed by atoms with Crippen LogP contribution in [0.3, 0.4) is 0 Å². The van der Waals surface area contributed by atoms with Gasteiger partial charge in [0.2, 0.25) is 0 Å². The zero-order valence-corrected chi connectivity index (χ0v) is 9.92. The van der Waals surface area contributed by atoms with Gasteiger partial charge in [0.15, 0.2) is 0 Å². The highest BCUT2D eigenvalue weighted by Gasteiger charge is 2.10. The number of carbonyl (C=O) groups is 1. The quantitative estimate of drug-likeness (QED) is 0.702. The lowest BCUT2D eigenvalue weighted by atomic mass is 10.0. The van der Waals surface area contributed by atoms with Crippen molar-refractivity contribution in [3.63, 3.8) is 0 Å². The lowest BCUT2D eigenvalue weighted by molar-refractivity contribution is -0.145. The van der Waals surface area contributed by atoms with Gasteiger partial charge in [-0.2, -0.15) is 0 Å². The van der Waals surface area contributed by atoms with E-state index in [0.717, 1.165) is 17.7 Å². The van der Waals surface area contributed by atoms with E-state index >= 15 is 0 Å². The molecule has 0 saturated carbocycles. The maximum Gasteiger partial charge on any atom is 0.306 e. The van der Waals surface area contributed by atoms with Gasteiger partial charge in [0.05, 0.1) is 11.1 Å². The van der Waals surface area contributed by atoms with Crippen molar-refractivity contribution >= 4 is 17.5 Å². The zero-order valence-electron chi connectivity index (χ0n) is 9.10. The fourth-order valence-electron chi connectivity index (χ4n) is 1.34. The van der Waals surface area contributed by atoms with E-state index in [2.05, 4.69) is 23.4 Å². The van der Waals surface area contributed by atoms with Crippen LogP contribution in [-0.4, -0.2) is 15.6 Å². The first-order valence-electron chi connectivity index (χ1n) is 5.14. The van der Waals surface area contributed by atoms with Crippen LogP contribution in [0.15, 0.2) is 6.20 Å². The first kappa shape index (κ1) is 12.1. The second-order valence-corrected chi connectivity index (χ2v) is 4.51. The molecule has 0 amide bonds. The third-order valence-electron chi connectivity index (χ3n) is 2.08. The van der Waals surface area contributed by atoms with Gasteiger partial charge < -0.3 is 4.74 Å². The van der Waals surface area contributed by atoms with Gasteiger partial charge in [0, 0.05) is 6.42 Å². The highest BCUT2D eigenvalue weighted by atomic mass is 32.1. The van der Waals surface area contributed by atoms with E-state index in [1.165, 1.54) is 11.5 Å². The number of hydrogen-bond acceptors (Lipinski definition) is 5. The molecule has 0 spiro atoms. The molecule has 0 radical (unpaired) electrons. The van der Waals surface area contributed by atoms with Crippen LogP contribution < -0.4 is 0 Å². The summed E-state index contributed by atoms with van der Waals surface area (Å²) in [6.07, 6.45) is 4.29. The summed E-state index contributed by atoms with van der Waals surface area (Å²) in [5.74, 6) is 0.270. The van der Waals surface area contributed by atoms with Gasteiger partial charge in [-0.05, 0) is 17.5 Å². The molecule has 0 N–H and O–H groups in total. The maximum atomic E-state index is 11.4. The lowest BCUT2D eigenvalue weighted by Crippen LogP contribution is -2.09. The summed E-state index contributed by atoms with van der Waals surface area (Å²) in [4.78, 5) is 12.2. The summed E-state index contributed by atoms with van der Waals surface area (Å²) < 4.78 is 8.79. The Labute approximate surface area is 93.8 Å². The van der Waals surface area contributed by atoms with Gasteiger partial charge in [0.1, 0.15) is 6.61 Å². The van der Waals surface area contributed by atoms with Gasteiger partial charge in [-0.3, -0.25) is 4.79 Å². The second kappa shape index (κ2) is 6.50. The Kier molecular flexibility index (Phi) is 5.25. The van der Waals surface area contributed by atoms with Crippen LogP contribution in [0.5, 0.6) is 0 Å². The average Bonchev–Trinajstić information content (AvgIpc) is 2.67.